The van der Waals surface area contributed by atoms with Crippen molar-refractivity contribution in [3.8, 4) is 0 Å². The monoisotopic (exact) mass is 200 g/mol. The lowest BCUT2D eigenvalue weighted by Crippen LogP contribution is -2.13. The van der Waals surface area contributed by atoms with Gasteiger partial charge in [0.2, 0.25) is 0 Å². The number of carbonyl (C=O) groups excluding carboxylic acids is 1. The summed E-state index contributed by atoms with van der Waals surface area (Å²) in [6.07, 6.45) is 7.53. The van der Waals surface area contributed by atoms with Gasteiger partial charge >= 0.3 is 0 Å². The van der Waals surface area contributed by atoms with Crippen molar-refractivity contribution >= 4 is 22.2 Å². The number of hydrogen-bond acceptors (Lipinski definition) is 1. The van der Waals surface area contributed by atoms with Crippen LogP contribution < -0.4 is 0 Å². The second-order valence-corrected chi connectivity index (χ2v) is 4.45. The van der Waals surface area contributed by atoms with Gasteiger partial charge in [-0.15, -0.1) is 0 Å². The fourth-order valence-corrected chi connectivity index (χ4v) is 1.10. The zero-order valence-electron chi connectivity index (χ0n) is 5.80. The third kappa shape index (κ3) is 1.81. The standard InChI is InChI=1S/C8H9BrO/c1-8(9)4-2-7(6-10)3-5-8/h2-4,6H,5H2,1H3. The SMILES string of the molecule is CC1(Br)C=CC(C=O)=CC1. The van der Waals surface area contributed by atoms with Crippen LogP contribution in [-0.2, 0) is 4.79 Å². The molecular formula is C8H9BrO. The van der Waals surface area contributed by atoms with E-state index in [-0.39, 0.29) is 4.32 Å². The van der Waals surface area contributed by atoms with Gasteiger partial charge in [0.15, 0.2) is 0 Å². The molecule has 0 heterocycles. The van der Waals surface area contributed by atoms with Crippen molar-refractivity contribution in [1.29, 1.82) is 0 Å². The molecule has 0 aromatic carbocycles. The van der Waals surface area contributed by atoms with Crippen LogP contribution in [0.4, 0.5) is 0 Å². The third-order valence-corrected chi connectivity index (χ3v) is 2.08. The molecule has 0 N–H and O–H groups in total. The molecule has 0 aromatic heterocycles. The van der Waals surface area contributed by atoms with Gasteiger partial charge in [-0.1, -0.05) is 34.2 Å². The van der Waals surface area contributed by atoms with E-state index in [2.05, 4.69) is 22.9 Å². The average molecular weight is 201 g/mol. The van der Waals surface area contributed by atoms with E-state index in [0.29, 0.717) is 0 Å². The molecule has 0 radical (unpaired) electrons. The maximum Gasteiger partial charge on any atom is 0.149 e. The minimum Gasteiger partial charge on any atom is -0.298 e. The largest absolute Gasteiger partial charge is 0.298 e. The van der Waals surface area contributed by atoms with Gasteiger partial charge in [0.05, 0.1) is 0 Å². The molecule has 0 aliphatic heterocycles. The van der Waals surface area contributed by atoms with E-state index in [1.165, 1.54) is 0 Å². The molecule has 0 saturated heterocycles. The molecule has 1 rings (SSSR count). The molecule has 1 aliphatic rings. The number of rotatable bonds is 1. The van der Waals surface area contributed by atoms with Crippen LogP contribution in [0, 0.1) is 0 Å². The first-order valence-electron chi connectivity index (χ1n) is 3.17. The van der Waals surface area contributed by atoms with Gasteiger partial charge in [-0.2, -0.15) is 0 Å². The smallest absolute Gasteiger partial charge is 0.149 e. The minimum absolute atomic E-state index is 0.0551. The summed E-state index contributed by atoms with van der Waals surface area (Å²) in [5, 5.41) is 0. The van der Waals surface area contributed by atoms with E-state index in [0.717, 1.165) is 18.3 Å². The topological polar surface area (TPSA) is 17.1 Å². The van der Waals surface area contributed by atoms with Crippen LogP contribution in [0.25, 0.3) is 0 Å². The molecule has 0 amide bonds. The van der Waals surface area contributed by atoms with Crippen LogP contribution in [0.5, 0.6) is 0 Å². The maximum absolute atomic E-state index is 10.2. The lowest BCUT2D eigenvalue weighted by atomic mass is 9.99. The van der Waals surface area contributed by atoms with Gasteiger partial charge < -0.3 is 0 Å². The Hall–Kier alpha value is -0.370. The van der Waals surface area contributed by atoms with Crippen LogP contribution in [0.15, 0.2) is 23.8 Å². The lowest BCUT2D eigenvalue weighted by molar-refractivity contribution is -0.104. The molecule has 0 saturated carbocycles. The van der Waals surface area contributed by atoms with Gasteiger partial charge in [-0.3, -0.25) is 4.79 Å². The molecule has 0 bridgehead atoms. The first kappa shape index (κ1) is 7.73. The van der Waals surface area contributed by atoms with Gasteiger partial charge in [0, 0.05) is 9.90 Å². The number of carbonyl (C=O) groups is 1. The summed E-state index contributed by atoms with van der Waals surface area (Å²) in [5.41, 5.74) is 0.775. The van der Waals surface area contributed by atoms with Gasteiger partial charge in [-0.05, 0) is 13.3 Å². The zero-order valence-corrected chi connectivity index (χ0v) is 7.39. The maximum atomic E-state index is 10.2. The predicted octanol–water partition coefficient (Wildman–Crippen LogP) is 2.23. The van der Waals surface area contributed by atoms with Crippen molar-refractivity contribution in [3.05, 3.63) is 23.8 Å². The van der Waals surface area contributed by atoms with Gasteiger partial charge in [-0.25, -0.2) is 0 Å². The number of alkyl halides is 1. The summed E-state index contributed by atoms with van der Waals surface area (Å²) in [6.45, 7) is 2.07. The third-order valence-electron chi connectivity index (χ3n) is 1.50. The summed E-state index contributed by atoms with van der Waals surface area (Å²) >= 11 is 3.50. The Balaban J connectivity index is 2.72. The van der Waals surface area contributed by atoms with E-state index in [1.54, 1.807) is 0 Å². The summed E-state index contributed by atoms with van der Waals surface area (Å²) < 4.78 is 0.0551. The number of aldehydes is 1. The van der Waals surface area contributed by atoms with E-state index < -0.39 is 0 Å². The second-order valence-electron chi connectivity index (χ2n) is 2.64. The van der Waals surface area contributed by atoms with Gasteiger partial charge in [0.1, 0.15) is 6.29 Å². The van der Waals surface area contributed by atoms with Crippen molar-refractivity contribution in [1.82, 2.24) is 0 Å². The normalized spacial score (nSPS) is 31.6. The highest BCUT2D eigenvalue weighted by Crippen LogP contribution is 2.28. The van der Waals surface area contributed by atoms with Gasteiger partial charge in [0.25, 0.3) is 0 Å². The predicted molar refractivity (Wildman–Crippen MR) is 45.2 cm³/mol. The molecule has 0 fully saturated rings. The Morgan fingerprint density at radius 2 is 2.50 bits per heavy atom. The number of hydrogen-bond donors (Lipinski definition) is 0. The molecule has 54 valence electrons. The lowest BCUT2D eigenvalue weighted by Gasteiger charge is -2.18. The molecule has 0 spiro atoms. The van der Waals surface area contributed by atoms with Crippen molar-refractivity contribution in [2.24, 2.45) is 0 Å². The Labute approximate surface area is 68.9 Å². The van der Waals surface area contributed by atoms with Crippen LogP contribution in [0.3, 0.4) is 0 Å². The molecule has 1 nitrogen and oxygen atoms in total. The van der Waals surface area contributed by atoms with E-state index in [4.69, 9.17) is 0 Å². The minimum atomic E-state index is 0.0551. The average Bonchev–Trinajstić information content (AvgIpc) is 1.88. The highest BCUT2D eigenvalue weighted by atomic mass is 79.9. The highest BCUT2D eigenvalue weighted by molar-refractivity contribution is 9.10. The summed E-state index contributed by atoms with van der Waals surface area (Å²) in [6, 6.07) is 0. The molecule has 1 aliphatic carbocycles. The fourth-order valence-electron chi connectivity index (χ4n) is 0.811. The quantitative estimate of drug-likeness (QED) is 0.469. The van der Waals surface area contributed by atoms with Crippen molar-refractivity contribution in [2.45, 2.75) is 17.7 Å². The molecule has 1 unspecified atom stereocenters. The Morgan fingerprint density at radius 3 is 2.90 bits per heavy atom. The van der Waals surface area contributed by atoms with Crippen LogP contribution in [-0.4, -0.2) is 10.6 Å². The van der Waals surface area contributed by atoms with E-state index in [9.17, 15) is 4.79 Å². The van der Waals surface area contributed by atoms with E-state index >= 15 is 0 Å². The molecule has 1 atom stereocenters. The fraction of sp³-hybridized carbons (Fsp3) is 0.375. The van der Waals surface area contributed by atoms with Crippen LogP contribution >= 0.6 is 15.9 Å². The molecule has 10 heavy (non-hydrogen) atoms. The van der Waals surface area contributed by atoms with Crippen LogP contribution in [0.1, 0.15) is 13.3 Å². The van der Waals surface area contributed by atoms with Crippen molar-refractivity contribution in [3.63, 3.8) is 0 Å². The summed E-state index contributed by atoms with van der Waals surface area (Å²) in [7, 11) is 0. The summed E-state index contributed by atoms with van der Waals surface area (Å²) in [4.78, 5) is 10.2. The molecule has 0 aromatic rings. The molecule has 2 heteroatoms. The highest BCUT2D eigenvalue weighted by Gasteiger charge is 2.17. The number of halogens is 1. The Morgan fingerprint density at radius 1 is 1.80 bits per heavy atom. The Kier molecular flexibility index (Phi) is 2.09. The second kappa shape index (κ2) is 2.70. The van der Waals surface area contributed by atoms with Crippen molar-refractivity contribution < 1.29 is 4.79 Å². The van der Waals surface area contributed by atoms with Crippen LogP contribution in [0.2, 0.25) is 0 Å². The Bertz CT molecular complexity index is 201. The number of allylic oxidation sites excluding steroid dienone is 4. The molecular weight excluding hydrogens is 192 g/mol. The first-order valence-corrected chi connectivity index (χ1v) is 3.97. The van der Waals surface area contributed by atoms with Crippen molar-refractivity contribution in [2.75, 3.05) is 0 Å². The first-order chi connectivity index (χ1) is 4.64. The summed E-state index contributed by atoms with van der Waals surface area (Å²) in [5.74, 6) is 0. The van der Waals surface area contributed by atoms with E-state index in [1.807, 2.05) is 18.2 Å². The zero-order chi connectivity index (χ0) is 7.61.